The van der Waals surface area contributed by atoms with Crippen LogP contribution in [0.25, 0.3) is 0 Å². The third kappa shape index (κ3) is 4.93. The van der Waals surface area contributed by atoms with Crippen molar-refractivity contribution < 1.29 is 9.84 Å². The van der Waals surface area contributed by atoms with Crippen LogP contribution in [0.15, 0.2) is 29.1 Å². The van der Waals surface area contributed by atoms with Gasteiger partial charge in [-0.3, -0.25) is 9.78 Å². The molecule has 0 radical (unpaired) electrons. The van der Waals surface area contributed by atoms with Gasteiger partial charge in [0.1, 0.15) is 5.75 Å². The van der Waals surface area contributed by atoms with E-state index in [4.69, 9.17) is 4.74 Å². The SMILES string of the molecule is CC(C)Oc1ccc(CCCCc2sc(=O)[nH]c2O)cc1. The molecule has 2 N–H and O–H groups in total. The van der Waals surface area contributed by atoms with Crippen molar-refractivity contribution in [2.75, 3.05) is 0 Å². The van der Waals surface area contributed by atoms with E-state index in [2.05, 4.69) is 17.1 Å². The molecule has 0 fully saturated rings. The Kier molecular flexibility index (Phi) is 5.44. The van der Waals surface area contributed by atoms with Crippen LogP contribution in [0.4, 0.5) is 0 Å². The van der Waals surface area contributed by atoms with Gasteiger partial charge in [0, 0.05) is 0 Å². The van der Waals surface area contributed by atoms with Gasteiger partial charge < -0.3 is 9.84 Å². The van der Waals surface area contributed by atoms with Crippen molar-refractivity contribution in [2.24, 2.45) is 0 Å². The van der Waals surface area contributed by atoms with E-state index in [1.807, 2.05) is 26.0 Å². The zero-order valence-corrected chi connectivity index (χ0v) is 13.2. The van der Waals surface area contributed by atoms with E-state index in [0.29, 0.717) is 0 Å². The van der Waals surface area contributed by atoms with Crippen LogP contribution in [-0.4, -0.2) is 16.2 Å². The van der Waals surface area contributed by atoms with Gasteiger partial charge in [-0.05, 0) is 57.2 Å². The van der Waals surface area contributed by atoms with Crippen LogP contribution in [0.1, 0.15) is 37.1 Å². The molecule has 1 heterocycles. The first kappa shape index (κ1) is 15.6. The molecule has 0 bridgehead atoms. The number of ether oxygens (including phenoxy) is 1. The molecule has 5 heteroatoms. The summed E-state index contributed by atoms with van der Waals surface area (Å²) in [7, 11) is 0. The highest BCUT2D eigenvalue weighted by Gasteiger charge is 2.06. The van der Waals surface area contributed by atoms with E-state index >= 15 is 0 Å². The number of aromatic hydroxyl groups is 1. The predicted molar refractivity (Wildman–Crippen MR) is 85.5 cm³/mol. The molecule has 0 aliphatic carbocycles. The van der Waals surface area contributed by atoms with Crippen LogP contribution < -0.4 is 9.61 Å². The summed E-state index contributed by atoms with van der Waals surface area (Å²) >= 11 is 1.09. The van der Waals surface area contributed by atoms with Gasteiger partial charge in [0.15, 0.2) is 0 Å². The lowest BCUT2D eigenvalue weighted by atomic mass is 10.1. The lowest BCUT2D eigenvalue weighted by Crippen LogP contribution is -2.05. The zero-order valence-electron chi connectivity index (χ0n) is 12.4. The number of benzene rings is 1. The summed E-state index contributed by atoms with van der Waals surface area (Å²) in [6.45, 7) is 4.03. The first-order valence-electron chi connectivity index (χ1n) is 7.21. The number of thiazole rings is 1. The smallest absolute Gasteiger partial charge is 0.307 e. The largest absolute Gasteiger partial charge is 0.494 e. The molecule has 2 aromatic rings. The molecule has 0 saturated carbocycles. The maximum atomic E-state index is 11.1. The van der Waals surface area contributed by atoms with Gasteiger partial charge in [-0.2, -0.15) is 0 Å². The van der Waals surface area contributed by atoms with Crippen LogP contribution in [0, 0.1) is 0 Å². The highest BCUT2D eigenvalue weighted by molar-refractivity contribution is 7.09. The fourth-order valence-electron chi connectivity index (χ4n) is 2.14. The van der Waals surface area contributed by atoms with Crippen molar-refractivity contribution >= 4 is 11.3 Å². The third-order valence-corrected chi connectivity index (χ3v) is 4.05. The van der Waals surface area contributed by atoms with E-state index in [9.17, 15) is 9.90 Å². The number of aromatic nitrogens is 1. The average molecular weight is 307 g/mol. The number of nitrogens with one attached hydrogen (secondary N) is 1. The minimum absolute atomic E-state index is 0.0280. The first-order valence-corrected chi connectivity index (χ1v) is 8.03. The van der Waals surface area contributed by atoms with Crippen LogP contribution in [0.2, 0.25) is 0 Å². The topological polar surface area (TPSA) is 62.3 Å². The number of unbranched alkanes of at least 4 members (excludes halogenated alkanes) is 1. The maximum Gasteiger partial charge on any atom is 0.307 e. The van der Waals surface area contributed by atoms with Crippen molar-refractivity contribution in [3.8, 4) is 11.6 Å². The normalized spacial score (nSPS) is 11.0. The van der Waals surface area contributed by atoms with E-state index in [1.165, 1.54) is 5.56 Å². The van der Waals surface area contributed by atoms with Crippen molar-refractivity contribution in [1.29, 1.82) is 0 Å². The van der Waals surface area contributed by atoms with Crippen LogP contribution in [0.5, 0.6) is 11.6 Å². The van der Waals surface area contributed by atoms with E-state index in [1.54, 1.807) is 0 Å². The Labute approximate surface area is 128 Å². The minimum Gasteiger partial charge on any atom is -0.494 e. The number of rotatable bonds is 7. The Morgan fingerprint density at radius 3 is 2.43 bits per heavy atom. The van der Waals surface area contributed by atoms with Crippen LogP contribution in [-0.2, 0) is 12.8 Å². The molecule has 0 saturated heterocycles. The average Bonchev–Trinajstić information content (AvgIpc) is 2.74. The van der Waals surface area contributed by atoms with E-state index in [0.717, 1.165) is 47.6 Å². The van der Waals surface area contributed by atoms with Gasteiger partial charge in [0.2, 0.25) is 5.88 Å². The second kappa shape index (κ2) is 7.31. The predicted octanol–water partition coefficient (Wildman–Crippen LogP) is 3.49. The Balaban J connectivity index is 1.76. The lowest BCUT2D eigenvalue weighted by molar-refractivity contribution is 0.242. The van der Waals surface area contributed by atoms with Gasteiger partial charge in [0.05, 0.1) is 11.0 Å². The number of aromatic amines is 1. The number of aryl methyl sites for hydroxylation is 2. The number of hydrogen-bond acceptors (Lipinski definition) is 4. The van der Waals surface area contributed by atoms with Gasteiger partial charge in [0.25, 0.3) is 0 Å². The summed E-state index contributed by atoms with van der Waals surface area (Å²) in [6.07, 6.45) is 3.89. The molecule has 114 valence electrons. The van der Waals surface area contributed by atoms with Crippen molar-refractivity contribution in [3.63, 3.8) is 0 Å². The van der Waals surface area contributed by atoms with Crippen LogP contribution >= 0.6 is 11.3 Å². The second-order valence-corrected chi connectivity index (χ2v) is 6.37. The number of H-pyrrole nitrogens is 1. The molecule has 0 amide bonds. The zero-order chi connectivity index (χ0) is 15.2. The summed E-state index contributed by atoms with van der Waals surface area (Å²) in [5.41, 5.74) is 1.28. The minimum atomic E-state index is -0.191. The number of hydrogen-bond donors (Lipinski definition) is 2. The molecule has 0 spiro atoms. The van der Waals surface area contributed by atoms with Crippen molar-refractivity contribution in [1.82, 2.24) is 4.98 Å². The Hall–Kier alpha value is -1.75. The molecule has 4 nitrogen and oxygen atoms in total. The van der Waals surface area contributed by atoms with Gasteiger partial charge in [-0.1, -0.05) is 23.5 Å². The second-order valence-electron chi connectivity index (χ2n) is 5.30. The summed E-state index contributed by atoms with van der Waals surface area (Å²) in [6, 6.07) is 8.17. The molecule has 0 aliphatic rings. The molecule has 1 aromatic heterocycles. The lowest BCUT2D eigenvalue weighted by Gasteiger charge is -2.10. The molecular weight excluding hydrogens is 286 g/mol. The maximum absolute atomic E-state index is 11.1. The van der Waals surface area contributed by atoms with E-state index in [-0.39, 0.29) is 16.9 Å². The molecule has 0 atom stereocenters. The molecule has 21 heavy (non-hydrogen) atoms. The fraction of sp³-hybridized carbons (Fsp3) is 0.438. The molecular formula is C16H21NO3S. The van der Waals surface area contributed by atoms with E-state index < -0.39 is 0 Å². The Morgan fingerprint density at radius 2 is 1.86 bits per heavy atom. The summed E-state index contributed by atoms with van der Waals surface area (Å²) in [5, 5.41) is 9.49. The fourth-order valence-corrected chi connectivity index (χ4v) is 2.91. The quantitative estimate of drug-likeness (QED) is 0.770. The summed E-state index contributed by atoms with van der Waals surface area (Å²) < 4.78 is 5.61. The molecule has 1 aromatic carbocycles. The highest BCUT2D eigenvalue weighted by Crippen LogP contribution is 2.19. The molecule has 0 unspecified atom stereocenters. The monoisotopic (exact) mass is 307 g/mol. The van der Waals surface area contributed by atoms with Gasteiger partial charge >= 0.3 is 4.87 Å². The van der Waals surface area contributed by atoms with Crippen LogP contribution in [0.3, 0.4) is 0 Å². The highest BCUT2D eigenvalue weighted by atomic mass is 32.1. The first-order chi connectivity index (χ1) is 10.0. The van der Waals surface area contributed by atoms with Crippen molar-refractivity contribution in [3.05, 3.63) is 44.4 Å². The molecule has 0 aliphatic heterocycles. The van der Waals surface area contributed by atoms with Crippen molar-refractivity contribution in [2.45, 2.75) is 45.6 Å². The van der Waals surface area contributed by atoms with Gasteiger partial charge in [-0.25, -0.2) is 0 Å². The Bertz CT molecular complexity index is 613. The summed E-state index contributed by atoms with van der Waals surface area (Å²) in [5.74, 6) is 0.927. The third-order valence-electron chi connectivity index (χ3n) is 3.11. The summed E-state index contributed by atoms with van der Waals surface area (Å²) in [4.78, 5) is 14.0. The molecule has 2 rings (SSSR count). The van der Waals surface area contributed by atoms with Gasteiger partial charge in [-0.15, -0.1) is 0 Å². The standard InChI is InChI=1S/C16H21NO3S/c1-11(2)20-13-9-7-12(8-10-13)5-3-4-6-14-15(18)17-16(19)21-14/h7-11,18H,3-6H2,1-2H3,(H,17,19). The Morgan fingerprint density at radius 1 is 1.19 bits per heavy atom.